The summed E-state index contributed by atoms with van der Waals surface area (Å²) in [4.78, 5) is 20.2. The molecule has 0 aliphatic carbocycles. The van der Waals surface area contributed by atoms with Gasteiger partial charge < -0.3 is 18.9 Å². The van der Waals surface area contributed by atoms with E-state index in [0.717, 1.165) is 17.5 Å². The molecular formula is C26H33N3O7S2. The molecule has 1 aliphatic heterocycles. The van der Waals surface area contributed by atoms with E-state index in [1.165, 1.54) is 54.1 Å². The molecule has 1 unspecified atom stereocenters. The molecule has 2 heterocycles. The summed E-state index contributed by atoms with van der Waals surface area (Å²) in [6, 6.07) is 11.7. The number of aromatic nitrogens is 1. The summed E-state index contributed by atoms with van der Waals surface area (Å²) in [5.74, 6) is 0.355. The Bertz CT molecular complexity index is 1310. The number of hydrogen-bond donors (Lipinski definition) is 0. The van der Waals surface area contributed by atoms with Crippen LogP contribution in [0.25, 0.3) is 10.2 Å². The topological polar surface area (TPSA) is 108 Å². The number of benzene rings is 2. The van der Waals surface area contributed by atoms with Gasteiger partial charge in [0, 0.05) is 39.5 Å². The molecule has 3 aromatic rings. The molecular weight excluding hydrogens is 530 g/mol. The molecule has 1 aliphatic rings. The Balaban J connectivity index is 1.62. The highest BCUT2D eigenvalue weighted by Gasteiger charge is 2.29. The van der Waals surface area contributed by atoms with Crippen LogP contribution in [0.5, 0.6) is 5.75 Å². The van der Waals surface area contributed by atoms with Gasteiger partial charge >= 0.3 is 0 Å². The lowest BCUT2D eigenvalue weighted by molar-refractivity contribution is 0.0917. The zero-order valence-corrected chi connectivity index (χ0v) is 23.4. The van der Waals surface area contributed by atoms with E-state index in [1.807, 2.05) is 18.2 Å². The Morgan fingerprint density at radius 2 is 1.79 bits per heavy atom. The number of amides is 1. The second-order valence-corrected chi connectivity index (χ2v) is 11.7. The van der Waals surface area contributed by atoms with Crippen molar-refractivity contribution in [1.29, 1.82) is 0 Å². The number of ether oxygens (including phenoxy) is 4. The maximum absolute atomic E-state index is 13.8. The molecule has 1 amide bonds. The summed E-state index contributed by atoms with van der Waals surface area (Å²) in [5.41, 5.74) is 1.04. The number of para-hydroxylation sites is 1. The van der Waals surface area contributed by atoms with E-state index in [4.69, 9.17) is 23.9 Å². The van der Waals surface area contributed by atoms with Gasteiger partial charge in [-0.1, -0.05) is 17.4 Å². The molecule has 0 spiro atoms. The fourth-order valence-electron chi connectivity index (χ4n) is 4.24. The van der Waals surface area contributed by atoms with Gasteiger partial charge in [0.1, 0.15) is 11.3 Å². The van der Waals surface area contributed by atoms with Gasteiger partial charge in [-0.05, 0) is 49.2 Å². The second kappa shape index (κ2) is 13.0. The van der Waals surface area contributed by atoms with E-state index in [-0.39, 0.29) is 43.2 Å². The van der Waals surface area contributed by atoms with Gasteiger partial charge in [0.2, 0.25) is 10.0 Å². The summed E-state index contributed by atoms with van der Waals surface area (Å²) in [6.07, 6.45) is 1.70. The third-order valence-corrected chi connectivity index (χ3v) is 9.26. The average molecular weight is 564 g/mol. The number of fused-ring (bicyclic) bond motifs is 1. The average Bonchev–Trinajstić information content (AvgIpc) is 3.61. The van der Waals surface area contributed by atoms with Gasteiger partial charge in [0.15, 0.2) is 5.13 Å². The molecule has 0 saturated carbocycles. The van der Waals surface area contributed by atoms with E-state index >= 15 is 0 Å². The quantitative estimate of drug-likeness (QED) is 0.311. The standard InChI is InChI=1S/C26H33N3O7S2/c1-33-16-13-28(14-17-34-2)38(31,32)21-11-9-19(10-12-21)25(30)29(18-20-6-5-15-36-20)26-27-24-22(35-3)7-4-8-23(24)37-26/h4,7-12,20H,5-6,13-18H2,1-3H3. The third kappa shape index (κ3) is 6.33. The number of hydrogen-bond acceptors (Lipinski definition) is 9. The molecule has 10 nitrogen and oxygen atoms in total. The van der Waals surface area contributed by atoms with E-state index < -0.39 is 10.0 Å². The number of sulfonamides is 1. The number of carbonyl (C=O) groups is 1. The van der Waals surface area contributed by atoms with Crippen molar-refractivity contribution in [2.45, 2.75) is 23.8 Å². The van der Waals surface area contributed by atoms with Crippen LogP contribution in [-0.4, -0.2) is 90.5 Å². The Kier molecular flexibility index (Phi) is 9.69. The molecule has 4 rings (SSSR count). The van der Waals surface area contributed by atoms with Crippen LogP contribution in [0.15, 0.2) is 47.4 Å². The lowest BCUT2D eigenvalue weighted by Crippen LogP contribution is -2.38. The fraction of sp³-hybridized carbons (Fsp3) is 0.462. The Morgan fingerprint density at radius 1 is 1.08 bits per heavy atom. The Hall–Kier alpha value is -2.61. The maximum Gasteiger partial charge on any atom is 0.260 e. The summed E-state index contributed by atoms with van der Waals surface area (Å²) in [5, 5.41) is 0.534. The zero-order chi connectivity index (χ0) is 27.1. The van der Waals surface area contributed by atoms with Gasteiger partial charge in [-0.15, -0.1) is 0 Å². The second-order valence-electron chi connectivity index (χ2n) is 8.77. The number of rotatable bonds is 13. The van der Waals surface area contributed by atoms with E-state index in [1.54, 1.807) is 12.0 Å². The monoisotopic (exact) mass is 563 g/mol. The maximum atomic E-state index is 13.8. The van der Waals surface area contributed by atoms with E-state index in [0.29, 0.717) is 35.1 Å². The third-order valence-electron chi connectivity index (χ3n) is 6.31. The van der Waals surface area contributed by atoms with E-state index in [9.17, 15) is 13.2 Å². The molecule has 38 heavy (non-hydrogen) atoms. The summed E-state index contributed by atoms with van der Waals surface area (Å²) >= 11 is 1.40. The van der Waals surface area contributed by atoms with Crippen LogP contribution >= 0.6 is 11.3 Å². The minimum atomic E-state index is -3.80. The zero-order valence-electron chi connectivity index (χ0n) is 21.8. The van der Waals surface area contributed by atoms with Crippen LogP contribution < -0.4 is 9.64 Å². The predicted molar refractivity (Wildman–Crippen MR) is 146 cm³/mol. The molecule has 2 aromatic carbocycles. The van der Waals surface area contributed by atoms with Crippen LogP contribution in [-0.2, 0) is 24.2 Å². The first-order valence-corrected chi connectivity index (χ1v) is 14.6. The van der Waals surface area contributed by atoms with E-state index in [2.05, 4.69) is 0 Å². The summed E-state index contributed by atoms with van der Waals surface area (Å²) in [7, 11) is 0.826. The molecule has 1 saturated heterocycles. The van der Waals surface area contributed by atoms with Gasteiger partial charge in [-0.3, -0.25) is 9.69 Å². The van der Waals surface area contributed by atoms with Crippen molar-refractivity contribution in [3.8, 4) is 5.75 Å². The minimum absolute atomic E-state index is 0.0941. The van der Waals surface area contributed by atoms with Gasteiger partial charge in [-0.2, -0.15) is 4.31 Å². The van der Waals surface area contributed by atoms with Gasteiger partial charge in [0.25, 0.3) is 5.91 Å². The largest absolute Gasteiger partial charge is 0.494 e. The van der Waals surface area contributed by atoms with Crippen molar-refractivity contribution in [2.24, 2.45) is 0 Å². The summed E-state index contributed by atoms with van der Waals surface area (Å²) < 4.78 is 50.1. The van der Waals surface area contributed by atoms with Crippen molar-refractivity contribution in [2.75, 3.05) is 65.7 Å². The Morgan fingerprint density at radius 3 is 2.39 bits per heavy atom. The molecule has 0 N–H and O–H groups in total. The predicted octanol–water partition coefficient (Wildman–Crippen LogP) is 3.41. The normalized spacial score (nSPS) is 15.8. The van der Waals surface area contributed by atoms with Crippen molar-refractivity contribution in [3.05, 3.63) is 48.0 Å². The van der Waals surface area contributed by atoms with Crippen LogP contribution in [0.4, 0.5) is 5.13 Å². The number of anilines is 1. The molecule has 12 heteroatoms. The van der Waals surface area contributed by atoms with Gasteiger partial charge in [0.05, 0.1) is 42.6 Å². The first kappa shape index (κ1) is 28.4. The lowest BCUT2D eigenvalue weighted by atomic mass is 10.2. The minimum Gasteiger partial charge on any atom is -0.494 e. The lowest BCUT2D eigenvalue weighted by Gasteiger charge is -2.24. The van der Waals surface area contributed by atoms with Crippen molar-refractivity contribution in [3.63, 3.8) is 0 Å². The van der Waals surface area contributed by atoms with Crippen molar-refractivity contribution < 1.29 is 32.2 Å². The first-order valence-electron chi connectivity index (χ1n) is 12.3. The highest BCUT2D eigenvalue weighted by atomic mass is 32.2. The molecule has 0 bridgehead atoms. The van der Waals surface area contributed by atoms with Gasteiger partial charge in [-0.25, -0.2) is 13.4 Å². The molecule has 1 atom stereocenters. The molecule has 206 valence electrons. The van der Waals surface area contributed by atoms with Crippen LogP contribution in [0.2, 0.25) is 0 Å². The first-order chi connectivity index (χ1) is 18.4. The smallest absolute Gasteiger partial charge is 0.260 e. The molecule has 0 radical (unpaired) electrons. The number of nitrogens with zero attached hydrogens (tertiary/aromatic N) is 3. The SMILES string of the molecule is COCCN(CCOC)S(=O)(=O)c1ccc(C(=O)N(CC2CCCO2)c2nc3c(OC)cccc3s2)cc1. The highest BCUT2D eigenvalue weighted by molar-refractivity contribution is 7.89. The fourth-order valence-corrected chi connectivity index (χ4v) is 6.64. The van der Waals surface area contributed by atoms with Crippen LogP contribution in [0.3, 0.4) is 0 Å². The molecule has 1 aromatic heterocycles. The number of thiazole rings is 1. The summed E-state index contributed by atoms with van der Waals surface area (Å²) in [6.45, 7) is 1.91. The van der Waals surface area contributed by atoms with Crippen LogP contribution in [0.1, 0.15) is 23.2 Å². The Labute approximate surface area is 227 Å². The number of carbonyl (C=O) groups excluding carboxylic acids is 1. The van der Waals surface area contributed by atoms with Crippen LogP contribution in [0, 0.1) is 0 Å². The van der Waals surface area contributed by atoms with Crippen molar-refractivity contribution >= 4 is 42.6 Å². The molecule has 1 fully saturated rings. The number of methoxy groups -OCH3 is 3. The highest BCUT2D eigenvalue weighted by Crippen LogP contribution is 2.35. The van der Waals surface area contributed by atoms with Crippen molar-refractivity contribution in [1.82, 2.24) is 9.29 Å².